The van der Waals surface area contributed by atoms with Gasteiger partial charge in [-0.1, -0.05) is 58.4 Å². The molecule has 1 aliphatic rings. The second kappa shape index (κ2) is 10.2. The van der Waals surface area contributed by atoms with E-state index in [1.54, 1.807) is 41.8 Å². The van der Waals surface area contributed by atoms with Crippen molar-refractivity contribution in [3.05, 3.63) is 88.7 Å². The van der Waals surface area contributed by atoms with E-state index in [2.05, 4.69) is 35.7 Å². The number of amides is 2. The maximum Gasteiger partial charge on any atom is 0.255 e. The predicted molar refractivity (Wildman–Crippen MR) is 144 cm³/mol. The lowest BCUT2D eigenvalue weighted by atomic mass is 9.82. The van der Waals surface area contributed by atoms with Gasteiger partial charge in [0.1, 0.15) is 5.54 Å². The number of aromatic nitrogens is 3. The Morgan fingerprint density at radius 2 is 1.84 bits per heavy atom. The normalized spacial score (nSPS) is 21.9. The Kier molecular flexibility index (Phi) is 7.38. The zero-order valence-corrected chi connectivity index (χ0v) is 22.7. The van der Waals surface area contributed by atoms with Crippen LogP contribution in [0.25, 0.3) is 0 Å². The topological polar surface area (TPSA) is 102 Å². The fraction of sp³-hybridized carbons (Fsp3) is 0.414. The Hall–Kier alpha value is -3.32. The highest BCUT2D eigenvalue weighted by molar-refractivity contribution is 6.31. The number of nitrogens with zero attached hydrogens (tertiary/aromatic N) is 4. The molecule has 37 heavy (non-hydrogen) atoms. The van der Waals surface area contributed by atoms with Crippen molar-refractivity contribution in [2.45, 2.75) is 70.4 Å². The molecule has 0 radical (unpaired) electrons. The Morgan fingerprint density at radius 1 is 1.11 bits per heavy atom. The van der Waals surface area contributed by atoms with Gasteiger partial charge in [-0.05, 0) is 54.0 Å². The third-order valence-electron chi connectivity index (χ3n) is 7.08. The summed E-state index contributed by atoms with van der Waals surface area (Å²) in [7, 11) is 0. The van der Waals surface area contributed by atoms with E-state index < -0.39 is 17.5 Å². The van der Waals surface area contributed by atoms with Crippen molar-refractivity contribution in [2.24, 2.45) is 11.7 Å². The summed E-state index contributed by atoms with van der Waals surface area (Å²) in [6.45, 7) is 10.3. The first kappa shape index (κ1) is 26.7. The van der Waals surface area contributed by atoms with Crippen LogP contribution in [-0.4, -0.2) is 37.2 Å². The molecule has 2 aromatic heterocycles. The first-order chi connectivity index (χ1) is 17.5. The van der Waals surface area contributed by atoms with Gasteiger partial charge in [0.25, 0.3) is 5.91 Å². The first-order valence-electron chi connectivity index (χ1n) is 12.6. The number of pyridine rings is 1. The molecule has 8 heteroatoms. The van der Waals surface area contributed by atoms with E-state index >= 15 is 0 Å². The number of primary amides is 1. The molecular weight excluding hydrogens is 486 g/mol. The van der Waals surface area contributed by atoms with Crippen molar-refractivity contribution in [2.75, 3.05) is 0 Å². The number of nitrogens with two attached hydrogens (primary N) is 1. The van der Waals surface area contributed by atoms with E-state index in [-0.39, 0.29) is 23.2 Å². The van der Waals surface area contributed by atoms with Crippen molar-refractivity contribution in [3.8, 4) is 0 Å². The number of benzene rings is 1. The molecule has 3 atom stereocenters. The van der Waals surface area contributed by atoms with Crippen molar-refractivity contribution in [1.29, 1.82) is 0 Å². The summed E-state index contributed by atoms with van der Waals surface area (Å²) in [5.41, 5.74) is 7.41. The maximum atomic E-state index is 14.4. The van der Waals surface area contributed by atoms with Gasteiger partial charge in [-0.15, -0.1) is 0 Å². The van der Waals surface area contributed by atoms with Crippen LogP contribution < -0.4 is 5.73 Å². The van der Waals surface area contributed by atoms with Crippen LogP contribution in [0.4, 0.5) is 0 Å². The average molecular weight is 520 g/mol. The van der Waals surface area contributed by atoms with Crippen LogP contribution in [0.1, 0.15) is 86.7 Å². The fourth-order valence-electron chi connectivity index (χ4n) is 5.57. The summed E-state index contributed by atoms with van der Waals surface area (Å²) >= 11 is 6.67. The fourth-order valence-corrected chi connectivity index (χ4v) is 6.03. The number of carbonyl (C=O) groups is 2. The molecule has 7 nitrogen and oxygen atoms in total. The second-order valence-corrected chi connectivity index (χ2v) is 11.7. The van der Waals surface area contributed by atoms with Crippen LogP contribution in [0.15, 0.2) is 61.2 Å². The molecule has 3 aromatic rings. The smallest absolute Gasteiger partial charge is 0.255 e. The summed E-state index contributed by atoms with van der Waals surface area (Å²) in [6.07, 6.45) is 7.32. The number of hydrogen-bond donors (Lipinski definition) is 1. The van der Waals surface area contributed by atoms with Gasteiger partial charge in [0, 0.05) is 41.3 Å². The largest absolute Gasteiger partial charge is 0.368 e. The zero-order chi connectivity index (χ0) is 27.0. The van der Waals surface area contributed by atoms with E-state index in [0.717, 1.165) is 5.56 Å². The molecule has 0 bridgehead atoms. The molecule has 0 saturated carbocycles. The van der Waals surface area contributed by atoms with Gasteiger partial charge in [-0.3, -0.25) is 24.5 Å². The molecule has 0 spiro atoms. The Labute approximate surface area is 223 Å². The maximum absolute atomic E-state index is 14.4. The van der Waals surface area contributed by atoms with Crippen LogP contribution in [0.5, 0.6) is 0 Å². The molecule has 194 valence electrons. The predicted octanol–water partition coefficient (Wildman–Crippen LogP) is 5.46. The Bertz CT molecular complexity index is 1280. The van der Waals surface area contributed by atoms with Crippen LogP contribution in [0.3, 0.4) is 0 Å². The lowest BCUT2D eigenvalue weighted by Gasteiger charge is -2.40. The molecule has 1 aromatic carbocycles. The minimum absolute atomic E-state index is 0.0969. The van der Waals surface area contributed by atoms with Crippen LogP contribution in [-0.2, 0) is 10.2 Å². The SMILES string of the molecule is CC(C)C[C@@]1(C(N)=O)C[C@H](c2cnccn2)[C@H](c2ccccn2)N1C(=O)c1ccc(C(C)(C)C)c(Cl)c1. The molecular formula is C29H34ClN5O2. The lowest BCUT2D eigenvalue weighted by molar-refractivity contribution is -0.129. The van der Waals surface area contributed by atoms with Crippen LogP contribution in [0, 0.1) is 5.92 Å². The monoisotopic (exact) mass is 519 g/mol. The van der Waals surface area contributed by atoms with E-state index in [0.29, 0.717) is 34.8 Å². The van der Waals surface area contributed by atoms with E-state index in [4.69, 9.17) is 17.3 Å². The highest BCUT2D eigenvalue weighted by atomic mass is 35.5. The van der Waals surface area contributed by atoms with Crippen molar-refractivity contribution in [3.63, 3.8) is 0 Å². The van der Waals surface area contributed by atoms with Gasteiger partial charge in [0.15, 0.2) is 0 Å². The standard InChI is InChI=1S/C29H34ClN5O2/c1-18(2)15-29(27(31)37)16-20(24-17-32-12-13-34-24)25(23-8-6-7-11-33-23)35(29)26(36)19-9-10-21(22(30)14-19)28(3,4)5/h6-14,17-18,20,25H,15-16H2,1-5H3,(H2,31,37)/t20-,25-,29+/m1/s1. The van der Waals surface area contributed by atoms with Crippen LogP contribution in [0.2, 0.25) is 5.02 Å². The first-order valence-corrected chi connectivity index (χ1v) is 12.9. The molecule has 2 N–H and O–H groups in total. The van der Waals surface area contributed by atoms with E-state index in [9.17, 15) is 9.59 Å². The highest BCUT2D eigenvalue weighted by Gasteiger charge is 2.59. The molecule has 4 rings (SSSR count). The summed E-state index contributed by atoms with van der Waals surface area (Å²) in [6, 6.07) is 10.4. The molecule has 1 saturated heterocycles. The molecule has 1 aliphatic heterocycles. The van der Waals surface area contributed by atoms with Crippen LogP contribution >= 0.6 is 11.6 Å². The second-order valence-electron chi connectivity index (χ2n) is 11.3. The lowest BCUT2D eigenvalue weighted by Crippen LogP contribution is -2.57. The number of carbonyl (C=O) groups excluding carboxylic acids is 2. The van der Waals surface area contributed by atoms with Crippen molar-refractivity contribution in [1.82, 2.24) is 19.9 Å². The van der Waals surface area contributed by atoms with Gasteiger partial charge in [0.05, 0.1) is 17.4 Å². The van der Waals surface area contributed by atoms with Crippen molar-refractivity contribution >= 4 is 23.4 Å². The highest BCUT2D eigenvalue weighted by Crippen LogP contribution is 2.53. The summed E-state index contributed by atoms with van der Waals surface area (Å²) in [4.78, 5) is 42.9. The van der Waals surface area contributed by atoms with Gasteiger partial charge < -0.3 is 10.6 Å². The minimum Gasteiger partial charge on any atom is -0.368 e. The van der Waals surface area contributed by atoms with E-state index in [1.165, 1.54) is 0 Å². The van der Waals surface area contributed by atoms with Crippen molar-refractivity contribution < 1.29 is 9.59 Å². The minimum atomic E-state index is -1.25. The van der Waals surface area contributed by atoms with Gasteiger partial charge >= 0.3 is 0 Å². The van der Waals surface area contributed by atoms with Gasteiger partial charge in [0.2, 0.25) is 5.91 Å². The number of rotatable bonds is 6. The summed E-state index contributed by atoms with van der Waals surface area (Å²) in [5.74, 6) is -1.09. The summed E-state index contributed by atoms with van der Waals surface area (Å²) in [5, 5.41) is 0.506. The number of halogens is 1. The third kappa shape index (κ3) is 5.10. The molecule has 2 amide bonds. The van der Waals surface area contributed by atoms with E-state index in [1.807, 2.05) is 38.1 Å². The third-order valence-corrected chi connectivity index (χ3v) is 7.39. The zero-order valence-electron chi connectivity index (χ0n) is 22.0. The molecule has 3 heterocycles. The molecule has 1 fully saturated rings. The van der Waals surface area contributed by atoms with Gasteiger partial charge in [-0.25, -0.2) is 0 Å². The molecule has 0 aliphatic carbocycles. The average Bonchev–Trinajstić information content (AvgIpc) is 3.19. The quantitative estimate of drug-likeness (QED) is 0.465. The number of hydrogen-bond acceptors (Lipinski definition) is 5. The summed E-state index contributed by atoms with van der Waals surface area (Å²) < 4.78 is 0. The Balaban J connectivity index is 1.94. The number of likely N-dealkylation sites (tertiary alicyclic amines) is 1. The molecule has 0 unspecified atom stereocenters. The van der Waals surface area contributed by atoms with Gasteiger partial charge in [-0.2, -0.15) is 0 Å². The Morgan fingerprint density at radius 3 is 2.38 bits per heavy atom.